The lowest BCUT2D eigenvalue weighted by atomic mass is 10.2. The average molecular weight is 287 g/mol. The van der Waals surface area contributed by atoms with Crippen LogP contribution < -0.4 is 10.6 Å². The first-order valence-electron chi connectivity index (χ1n) is 6.00. The van der Waals surface area contributed by atoms with Crippen LogP contribution in [0.5, 0.6) is 0 Å². The third-order valence-electron chi connectivity index (χ3n) is 2.82. The van der Waals surface area contributed by atoms with Crippen LogP contribution in [0.3, 0.4) is 0 Å². The van der Waals surface area contributed by atoms with Crippen molar-refractivity contribution < 1.29 is 13.2 Å². The Morgan fingerprint density at radius 1 is 1.63 bits per heavy atom. The molecule has 1 fully saturated rings. The van der Waals surface area contributed by atoms with Crippen LogP contribution >= 0.6 is 0 Å². The van der Waals surface area contributed by atoms with Crippen LogP contribution in [0.4, 0.5) is 0 Å². The van der Waals surface area contributed by atoms with E-state index in [1.165, 1.54) is 0 Å². The molecule has 2 heterocycles. The number of carbonyl (C=O) groups is 1. The Balaban J connectivity index is 1.78. The van der Waals surface area contributed by atoms with Gasteiger partial charge in [-0.3, -0.25) is 9.48 Å². The van der Waals surface area contributed by atoms with Gasteiger partial charge in [0.1, 0.15) is 6.33 Å². The van der Waals surface area contributed by atoms with Crippen molar-refractivity contribution in [2.45, 2.75) is 19.0 Å². The first-order valence-corrected chi connectivity index (χ1v) is 7.82. The lowest BCUT2D eigenvalue weighted by Gasteiger charge is -2.22. The number of hydrogen-bond donors (Lipinski definition) is 2. The number of rotatable bonds is 4. The van der Waals surface area contributed by atoms with Gasteiger partial charge in [-0.1, -0.05) is 0 Å². The normalized spacial score (nSPS) is 22.1. The van der Waals surface area contributed by atoms with Crippen molar-refractivity contribution >= 4 is 15.7 Å². The Hall–Kier alpha value is -1.48. The fraction of sp³-hybridized carbons (Fsp3) is 0.700. The SMILES string of the molecule is Cn1cnc(CNC(=O)CC2CS(=O)(=O)CCN2)n1. The van der Waals surface area contributed by atoms with Gasteiger partial charge in [0, 0.05) is 26.1 Å². The molecule has 2 N–H and O–H groups in total. The number of nitrogens with one attached hydrogen (secondary N) is 2. The number of amides is 1. The minimum atomic E-state index is -3.01. The van der Waals surface area contributed by atoms with Gasteiger partial charge >= 0.3 is 0 Å². The van der Waals surface area contributed by atoms with Gasteiger partial charge in [-0.05, 0) is 0 Å². The molecule has 19 heavy (non-hydrogen) atoms. The molecule has 1 aliphatic heterocycles. The number of carbonyl (C=O) groups excluding carboxylic acids is 1. The van der Waals surface area contributed by atoms with Crippen molar-refractivity contribution in [1.82, 2.24) is 25.4 Å². The number of aromatic nitrogens is 3. The Morgan fingerprint density at radius 3 is 3.05 bits per heavy atom. The summed E-state index contributed by atoms with van der Waals surface area (Å²) in [5.41, 5.74) is 0. The molecule has 0 spiro atoms. The molecule has 0 saturated carbocycles. The standard InChI is InChI=1S/C10H17N5O3S/c1-15-7-13-9(14-15)5-12-10(16)4-8-6-19(17,18)3-2-11-8/h7-8,11H,2-6H2,1H3,(H,12,16). The van der Waals surface area contributed by atoms with Gasteiger partial charge in [0.2, 0.25) is 5.91 Å². The Kier molecular flexibility index (Phi) is 4.15. The fourth-order valence-electron chi connectivity index (χ4n) is 1.94. The predicted molar refractivity (Wildman–Crippen MR) is 67.9 cm³/mol. The summed E-state index contributed by atoms with van der Waals surface area (Å²) in [6.45, 7) is 0.654. The number of hydrogen-bond acceptors (Lipinski definition) is 6. The summed E-state index contributed by atoms with van der Waals surface area (Å²) in [4.78, 5) is 15.7. The second-order valence-electron chi connectivity index (χ2n) is 4.58. The molecule has 0 bridgehead atoms. The molecule has 1 aliphatic rings. The lowest BCUT2D eigenvalue weighted by Crippen LogP contribution is -2.47. The molecule has 106 valence electrons. The highest BCUT2D eigenvalue weighted by molar-refractivity contribution is 7.91. The largest absolute Gasteiger partial charge is 0.349 e. The molecule has 1 aromatic rings. The van der Waals surface area contributed by atoms with Crippen LogP contribution in [0.2, 0.25) is 0 Å². The zero-order valence-corrected chi connectivity index (χ0v) is 11.5. The fourth-order valence-corrected chi connectivity index (χ4v) is 3.38. The maximum atomic E-state index is 11.7. The first kappa shape index (κ1) is 13.9. The van der Waals surface area contributed by atoms with Crippen molar-refractivity contribution in [3.63, 3.8) is 0 Å². The highest BCUT2D eigenvalue weighted by atomic mass is 32.2. The minimum absolute atomic E-state index is 0.0161. The zero-order valence-electron chi connectivity index (χ0n) is 10.7. The maximum Gasteiger partial charge on any atom is 0.221 e. The predicted octanol–water partition coefficient (Wildman–Crippen LogP) is -1.79. The van der Waals surface area contributed by atoms with E-state index in [-0.39, 0.29) is 36.4 Å². The van der Waals surface area contributed by atoms with E-state index < -0.39 is 9.84 Å². The van der Waals surface area contributed by atoms with Crippen LogP contribution in [-0.2, 0) is 28.2 Å². The van der Waals surface area contributed by atoms with Crippen molar-refractivity contribution in [2.24, 2.45) is 7.05 Å². The van der Waals surface area contributed by atoms with Crippen LogP contribution in [0.15, 0.2) is 6.33 Å². The van der Waals surface area contributed by atoms with Gasteiger partial charge < -0.3 is 10.6 Å². The van der Waals surface area contributed by atoms with E-state index >= 15 is 0 Å². The van der Waals surface area contributed by atoms with Gasteiger partial charge in [0.25, 0.3) is 0 Å². The summed E-state index contributed by atoms with van der Waals surface area (Å²) in [6.07, 6.45) is 1.70. The lowest BCUT2D eigenvalue weighted by molar-refractivity contribution is -0.121. The van der Waals surface area contributed by atoms with E-state index in [1.54, 1.807) is 18.1 Å². The molecule has 1 unspecified atom stereocenters. The van der Waals surface area contributed by atoms with E-state index in [9.17, 15) is 13.2 Å². The van der Waals surface area contributed by atoms with Crippen molar-refractivity contribution in [3.8, 4) is 0 Å². The molecule has 1 aromatic heterocycles. The van der Waals surface area contributed by atoms with E-state index in [0.29, 0.717) is 12.4 Å². The third-order valence-corrected chi connectivity index (χ3v) is 4.56. The molecule has 0 radical (unpaired) electrons. The summed E-state index contributed by atoms with van der Waals surface area (Å²) < 4.78 is 24.4. The Bertz CT molecular complexity index is 553. The summed E-state index contributed by atoms with van der Waals surface area (Å²) in [5, 5.41) is 9.74. The summed E-state index contributed by atoms with van der Waals surface area (Å²) in [7, 11) is -1.27. The molecule has 1 atom stereocenters. The van der Waals surface area contributed by atoms with Crippen LogP contribution in [0, 0.1) is 0 Å². The maximum absolute atomic E-state index is 11.7. The zero-order chi connectivity index (χ0) is 13.9. The van der Waals surface area contributed by atoms with Crippen LogP contribution in [-0.4, -0.2) is 53.2 Å². The smallest absolute Gasteiger partial charge is 0.221 e. The van der Waals surface area contributed by atoms with Gasteiger partial charge in [-0.2, -0.15) is 5.10 Å². The van der Waals surface area contributed by atoms with Gasteiger partial charge in [0.05, 0.1) is 18.1 Å². The summed E-state index contributed by atoms with van der Waals surface area (Å²) >= 11 is 0. The topological polar surface area (TPSA) is 106 Å². The van der Waals surface area contributed by atoms with E-state index in [2.05, 4.69) is 20.7 Å². The van der Waals surface area contributed by atoms with Gasteiger partial charge in [0.15, 0.2) is 15.7 Å². The molecule has 0 aromatic carbocycles. The highest BCUT2D eigenvalue weighted by Gasteiger charge is 2.25. The van der Waals surface area contributed by atoms with E-state index in [4.69, 9.17) is 0 Å². The molecule has 2 rings (SSSR count). The van der Waals surface area contributed by atoms with E-state index in [1.807, 2.05) is 0 Å². The molecule has 8 nitrogen and oxygen atoms in total. The molecule has 0 aliphatic carbocycles. The molecular weight excluding hydrogens is 270 g/mol. The number of sulfone groups is 1. The van der Waals surface area contributed by atoms with Crippen LogP contribution in [0.25, 0.3) is 0 Å². The number of nitrogens with zero attached hydrogens (tertiary/aromatic N) is 3. The van der Waals surface area contributed by atoms with Gasteiger partial charge in [-0.15, -0.1) is 0 Å². The minimum Gasteiger partial charge on any atom is -0.349 e. The second kappa shape index (κ2) is 5.66. The number of aryl methyl sites for hydroxylation is 1. The van der Waals surface area contributed by atoms with Gasteiger partial charge in [-0.25, -0.2) is 13.4 Å². The monoisotopic (exact) mass is 287 g/mol. The molecule has 1 saturated heterocycles. The Morgan fingerprint density at radius 2 is 2.42 bits per heavy atom. The van der Waals surface area contributed by atoms with Crippen molar-refractivity contribution in [1.29, 1.82) is 0 Å². The van der Waals surface area contributed by atoms with Crippen molar-refractivity contribution in [2.75, 3.05) is 18.1 Å². The first-order chi connectivity index (χ1) is 8.94. The summed E-state index contributed by atoms with van der Waals surface area (Å²) in [6, 6.07) is -0.310. The third kappa shape index (κ3) is 4.28. The molecule has 1 amide bonds. The van der Waals surface area contributed by atoms with Crippen LogP contribution in [0.1, 0.15) is 12.2 Å². The van der Waals surface area contributed by atoms with E-state index in [0.717, 1.165) is 0 Å². The molecular formula is C10H17N5O3S. The quantitative estimate of drug-likeness (QED) is 0.677. The highest BCUT2D eigenvalue weighted by Crippen LogP contribution is 2.04. The second-order valence-corrected chi connectivity index (χ2v) is 6.81. The van der Waals surface area contributed by atoms with Crippen molar-refractivity contribution in [3.05, 3.63) is 12.2 Å². The molecule has 9 heteroatoms. The average Bonchev–Trinajstić information content (AvgIpc) is 2.71. The Labute approximate surface area is 111 Å². The summed E-state index contributed by atoms with van der Waals surface area (Å²) in [5.74, 6) is 0.479.